The van der Waals surface area contributed by atoms with Gasteiger partial charge in [-0.2, -0.15) is 0 Å². The molecule has 2 N–H and O–H groups in total. The quantitative estimate of drug-likeness (QED) is 0.627. The second-order valence-corrected chi connectivity index (χ2v) is 5.23. The van der Waals surface area contributed by atoms with E-state index in [9.17, 15) is 0 Å². The number of furan rings is 1. The Kier molecular flexibility index (Phi) is 5.75. The van der Waals surface area contributed by atoms with Gasteiger partial charge < -0.3 is 15.1 Å². The van der Waals surface area contributed by atoms with Gasteiger partial charge in [0.2, 0.25) is 0 Å². The summed E-state index contributed by atoms with van der Waals surface area (Å²) in [5.41, 5.74) is 1.33. The molecule has 0 bridgehead atoms. The molecule has 0 aliphatic heterocycles. The smallest absolute Gasteiger partial charge is 0.108 e. The topological polar surface area (TPSA) is 37.2 Å². The zero-order valence-corrected chi connectivity index (χ0v) is 11.5. The van der Waals surface area contributed by atoms with Gasteiger partial charge in [0.1, 0.15) is 5.76 Å². The van der Waals surface area contributed by atoms with Crippen molar-refractivity contribution in [3.63, 3.8) is 0 Å². The molecule has 1 fully saturated rings. The number of nitrogens with one attached hydrogen (secondary N) is 2. The normalized spacial score (nSPS) is 15.2. The molecule has 1 saturated carbocycles. The standard InChI is InChI=1S/C15H26N2O/c1-2-9-16-12-13-8-11-18-15(13)5-3-4-10-17-14-6-7-14/h8,11,14,16-17H,2-7,9-10,12H2,1H3. The summed E-state index contributed by atoms with van der Waals surface area (Å²) in [5.74, 6) is 1.17. The maximum absolute atomic E-state index is 5.57. The second-order valence-electron chi connectivity index (χ2n) is 5.23. The summed E-state index contributed by atoms with van der Waals surface area (Å²) in [5, 5.41) is 6.98. The Hall–Kier alpha value is -0.800. The average molecular weight is 250 g/mol. The number of hydrogen-bond donors (Lipinski definition) is 2. The molecular weight excluding hydrogens is 224 g/mol. The van der Waals surface area contributed by atoms with Crippen LogP contribution in [0.15, 0.2) is 16.7 Å². The molecule has 0 amide bonds. The number of hydrogen-bond acceptors (Lipinski definition) is 3. The van der Waals surface area contributed by atoms with Gasteiger partial charge in [0.25, 0.3) is 0 Å². The third-order valence-corrected chi connectivity index (χ3v) is 3.42. The summed E-state index contributed by atoms with van der Waals surface area (Å²) in [6.45, 7) is 5.38. The van der Waals surface area contributed by atoms with Gasteiger partial charge in [-0.25, -0.2) is 0 Å². The minimum absolute atomic E-state index is 0.836. The highest BCUT2D eigenvalue weighted by Gasteiger charge is 2.19. The largest absolute Gasteiger partial charge is 0.469 e. The molecule has 0 aromatic carbocycles. The Labute approximate surface area is 110 Å². The van der Waals surface area contributed by atoms with Crippen LogP contribution in [0.25, 0.3) is 0 Å². The van der Waals surface area contributed by atoms with E-state index in [1.807, 2.05) is 6.26 Å². The zero-order valence-electron chi connectivity index (χ0n) is 11.5. The van der Waals surface area contributed by atoms with E-state index >= 15 is 0 Å². The van der Waals surface area contributed by atoms with Crippen molar-refractivity contribution in [2.45, 2.75) is 58.0 Å². The van der Waals surface area contributed by atoms with E-state index < -0.39 is 0 Å². The highest BCUT2D eigenvalue weighted by molar-refractivity contribution is 5.16. The Balaban J connectivity index is 1.59. The van der Waals surface area contributed by atoms with Crippen LogP contribution >= 0.6 is 0 Å². The van der Waals surface area contributed by atoms with E-state index in [2.05, 4.69) is 23.6 Å². The number of aryl methyl sites for hydroxylation is 1. The van der Waals surface area contributed by atoms with Crippen LogP contribution in [0.4, 0.5) is 0 Å². The molecule has 0 unspecified atom stereocenters. The molecule has 1 heterocycles. The third-order valence-electron chi connectivity index (χ3n) is 3.42. The number of rotatable bonds is 10. The van der Waals surface area contributed by atoms with Gasteiger partial charge in [-0.3, -0.25) is 0 Å². The first-order chi connectivity index (χ1) is 8.90. The Morgan fingerprint density at radius 1 is 1.28 bits per heavy atom. The van der Waals surface area contributed by atoms with Crippen LogP contribution in [-0.4, -0.2) is 19.1 Å². The maximum atomic E-state index is 5.57. The lowest BCUT2D eigenvalue weighted by Gasteiger charge is -2.05. The highest BCUT2D eigenvalue weighted by atomic mass is 16.3. The van der Waals surface area contributed by atoms with Crippen LogP contribution in [0.3, 0.4) is 0 Å². The fourth-order valence-electron chi connectivity index (χ4n) is 2.15. The lowest BCUT2D eigenvalue weighted by Crippen LogP contribution is -2.17. The molecule has 3 nitrogen and oxygen atoms in total. The van der Waals surface area contributed by atoms with Crippen LogP contribution in [0, 0.1) is 0 Å². The van der Waals surface area contributed by atoms with Crippen LogP contribution in [0.1, 0.15) is 50.4 Å². The van der Waals surface area contributed by atoms with Crippen molar-refractivity contribution in [2.24, 2.45) is 0 Å². The van der Waals surface area contributed by atoms with Crippen molar-refractivity contribution in [1.29, 1.82) is 0 Å². The molecule has 1 aromatic rings. The minimum atomic E-state index is 0.836. The summed E-state index contributed by atoms with van der Waals surface area (Å²) in [4.78, 5) is 0. The van der Waals surface area contributed by atoms with E-state index in [0.717, 1.165) is 32.1 Å². The van der Waals surface area contributed by atoms with Crippen LogP contribution in [0.5, 0.6) is 0 Å². The summed E-state index contributed by atoms with van der Waals surface area (Å²) in [6.07, 6.45) is 9.30. The molecule has 2 rings (SSSR count). The average Bonchev–Trinajstić information content (AvgIpc) is 3.09. The van der Waals surface area contributed by atoms with E-state index in [1.54, 1.807) is 0 Å². The molecule has 0 spiro atoms. The Morgan fingerprint density at radius 3 is 2.94 bits per heavy atom. The molecule has 1 aromatic heterocycles. The van der Waals surface area contributed by atoms with Gasteiger partial charge in [0.05, 0.1) is 6.26 Å². The molecular formula is C15H26N2O. The second kappa shape index (κ2) is 7.59. The van der Waals surface area contributed by atoms with Crippen molar-refractivity contribution < 1.29 is 4.42 Å². The SMILES string of the molecule is CCCNCc1ccoc1CCCCNC1CC1. The van der Waals surface area contributed by atoms with Gasteiger partial charge in [-0.15, -0.1) is 0 Å². The van der Waals surface area contributed by atoms with Gasteiger partial charge in [-0.05, 0) is 51.3 Å². The van der Waals surface area contributed by atoms with E-state index in [1.165, 1.54) is 43.4 Å². The summed E-state index contributed by atoms with van der Waals surface area (Å²) in [7, 11) is 0. The highest BCUT2D eigenvalue weighted by Crippen LogP contribution is 2.18. The van der Waals surface area contributed by atoms with E-state index in [4.69, 9.17) is 4.42 Å². The molecule has 102 valence electrons. The first kappa shape index (κ1) is 13.6. The van der Waals surface area contributed by atoms with Crippen LogP contribution in [-0.2, 0) is 13.0 Å². The molecule has 0 atom stereocenters. The molecule has 3 heteroatoms. The monoisotopic (exact) mass is 250 g/mol. The molecule has 1 aliphatic rings. The van der Waals surface area contributed by atoms with E-state index in [0.29, 0.717) is 0 Å². The fraction of sp³-hybridized carbons (Fsp3) is 0.733. The third kappa shape index (κ3) is 4.83. The van der Waals surface area contributed by atoms with Crippen molar-refractivity contribution in [1.82, 2.24) is 10.6 Å². The minimum Gasteiger partial charge on any atom is -0.469 e. The van der Waals surface area contributed by atoms with Crippen LogP contribution < -0.4 is 10.6 Å². The first-order valence-electron chi connectivity index (χ1n) is 7.39. The van der Waals surface area contributed by atoms with Crippen molar-refractivity contribution >= 4 is 0 Å². The Bertz CT molecular complexity index is 331. The van der Waals surface area contributed by atoms with Crippen molar-refractivity contribution in [3.8, 4) is 0 Å². The molecule has 1 aliphatic carbocycles. The lowest BCUT2D eigenvalue weighted by molar-refractivity contribution is 0.486. The van der Waals surface area contributed by atoms with Gasteiger partial charge in [-0.1, -0.05) is 6.92 Å². The van der Waals surface area contributed by atoms with Crippen molar-refractivity contribution in [3.05, 3.63) is 23.7 Å². The van der Waals surface area contributed by atoms with E-state index in [-0.39, 0.29) is 0 Å². The molecule has 0 saturated heterocycles. The predicted octanol–water partition coefficient (Wildman–Crippen LogP) is 2.85. The van der Waals surface area contributed by atoms with Crippen LogP contribution in [0.2, 0.25) is 0 Å². The predicted molar refractivity (Wildman–Crippen MR) is 74.7 cm³/mol. The summed E-state index contributed by atoms with van der Waals surface area (Å²) in [6, 6.07) is 2.93. The van der Waals surface area contributed by atoms with Gasteiger partial charge in [0.15, 0.2) is 0 Å². The molecule has 0 radical (unpaired) electrons. The van der Waals surface area contributed by atoms with Gasteiger partial charge >= 0.3 is 0 Å². The van der Waals surface area contributed by atoms with Gasteiger partial charge in [0, 0.05) is 24.6 Å². The zero-order chi connectivity index (χ0) is 12.6. The maximum Gasteiger partial charge on any atom is 0.108 e. The summed E-state index contributed by atoms with van der Waals surface area (Å²) >= 11 is 0. The van der Waals surface area contributed by atoms with Crippen molar-refractivity contribution in [2.75, 3.05) is 13.1 Å². The summed E-state index contributed by atoms with van der Waals surface area (Å²) < 4.78 is 5.57. The number of unbranched alkanes of at least 4 members (excludes halogenated alkanes) is 1. The lowest BCUT2D eigenvalue weighted by atomic mass is 10.1. The Morgan fingerprint density at radius 2 is 2.17 bits per heavy atom. The molecule has 18 heavy (non-hydrogen) atoms. The first-order valence-corrected chi connectivity index (χ1v) is 7.39. The fourth-order valence-corrected chi connectivity index (χ4v) is 2.15.